The molecule has 0 unspecified atom stereocenters. The van der Waals surface area contributed by atoms with Gasteiger partial charge in [0.1, 0.15) is 0 Å². The minimum atomic E-state index is 0.796. The van der Waals surface area contributed by atoms with Crippen molar-refractivity contribution in [3.05, 3.63) is 0 Å². The van der Waals surface area contributed by atoms with Gasteiger partial charge >= 0.3 is 0 Å². The topological polar surface area (TPSA) is 13.0 Å². The van der Waals surface area contributed by atoms with Gasteiger partial charge in [0.15, 0.2) is 0 Å². The van der Waals surface area contributed by atoms with Crippen LogP contribution in [-0.2, 0) is 0 Å². The summed E-state index contributed by atoms with van der Waals surface area (Å²) in [6.45, 7) is 8.89. The molecule has 1 heterocycles. The van der Waals surface area contributed by atoms with Gasteiger partial charge in [-0.1, -0.05) is 39.5 Å². The van der Waals surface area contributed by atoms with E-state index in [9.17, 15) is 0 Å². The molecule has 0 amide bonds. The minimum absolute atomic E-state index is 0.796. The van der Waals surface area contributed by atoms with Crippen LogP contribution in [0.25, 0.3) is 0 Å². The Labute approximate surface area is 91.5 Å². The molecule has 0 N–H and O–H groups in total. The predicted octanol–water partition coefficient (Wildman–Crippen LogP) is 0.725. The molecule has 0 aromatic carbocycles. The third kappa shape index (κ3) is 3.30. The van der Waals surface area contributed by atoms with Gasteiger partial charge in [-0.15, -0.1) is 0 Å². The molecule has 6 heteroatoms. The first kappa shape index (κ1) is 11.6. The Morgan fingerprint density at radius 3 is 1.85 bits per heavy atom. The zero-order valence-electron chi connectivity index (χ0n) is 8.22. The SMILES string of the molecule is CCN(CC)N1CN(S)CN(S)C1. The van der Waals surface area contributed by atoms with Crippen LogP contribution in [0.4, 0.5) is 0 Å². The van der Waals surface area contributed by atoms with Crippen LogP contribution in [0.5, 0.6) is 0 Å². The highest BCUT2D eigenvalue weighted by molar-refractivity contribution is 7.78. The first-order chi connectivity index (χ1) is 6.17. The number of thiol groups is 2. The van der Waals surface area contributed by atoms with Gasteiger partial charge < -0.3 is 0 Å². The zero-order chi connectivity index (χ0) is 9.84. The summed E-state index contributed by atoms with van der Waals surface area (Å²) in [5, 5.41) is 4.52. The van der Waals surface area contributed by atoms with Gasteiger partial charge in [-0.3, -0.25) is 0 Å². The fraction of sp³-hybridized carbons (Fsp3) is 1.00. The van der Waals surface area contributed by atoms with E-state index in [0.717, 1.165) is 33.1 Å². The number of rotatable bonds is 3. The molecule has 0 saturated carbocycles. The Hall–Kier alpha value is 0.540. The van der Waals surface area contributed by atoms with Crippen molar-refractivity contribution in [2.75, 3.05) is 33.1 Å². The first-order valence-corrected chi connectivity index (χ1v) is 5.34. The fourth-order valence-electron chi connectivity index (χ4n) is 1.50. The Morgan fingerprint density at radius 2 is 1.46 bits per heavy atom. The Bertz CT molecular complexity index is 143. The lowest BCUT2D eigenvalue weighted by Crippen LogP contribution is -2.55. The van der Waals surface area contributed by atoms with Crippen LogP contribution < -0.4 is 0 Å². The van der Waals surface area contributed by atoms with Crippen molar-refractivity contribution in [2.24, 2.45) is 0 Å². The van der Waals surface area contributed by atoms with Gasteiger partial charge in [0.2, 0.25) is 0 Å². The third-order valence-corrected chi connectivity index (χ3v) is 2.62. The molecule has 1 aliphatic heterocycles. The summed E-state index contributed by atoms with van der Waals surface area (Å²) in [5.74, 6) is 0. The van der Waals surface area contributed by atoms with Gasteiger partial charge in [0, 0.05) is 13.1 Å². The molecular formula is C7H18N4S2. The van der Waals surface area contributed by atoms with E-state index in [4.69, 9.17) is 0 Å². The molecule has 0 atom stereocenters. The van der Waals surface area contributed by atoms with Gasteiger partial charge in [0.25, 0.3) is 0 Å². The lowest BCUT2D eigenvalue weighted by atomic mass is 10.6. The van der Waals surface area contributed by atoms with Gasteiger partial charge in [0.05, 0.1) is 20.0 Å². The summed E-state index contributed by atoms with van der Waals surface area (Å²) < 4.78 is 3.88. The Morgan fingerprint density at radius 1 is 1.00 bits per heavy atom. The average molecular weight is 222 g/mol. The molecular weight excluding hydrogens is 204 g/mol. The molecule has 78 valence electrons. The van der Waals surface area contributed by atoms with Crippen LogP contribution in [0.3, 0.4) is 0 Å². The Kier molecular flexibility index (Phi) is 4.85. The van der Waals surface area contributed by atoms with Crippen molar-refractivity contribution in [1.82, 2.24) is 18.6 Å². The summed E-state index contributed by atoms with van der Waals surface area (Å²) in [6, 6.07) is 0. The van der Waals surface area contributed by atoms with E-state index >= 15 is 0 Å². The van der Waals surface area contributed by atoms with Gasteiger partial charge in [-0.25, -0.2) is 18.6 Å². The molecule has 13 heavy (non-hydrogen) atoms. The van der Waals surface area contributed by atoms with E-state index in [1.54, 1.807) is 0 Å². The number of hydrogen-bond donors (Lipinski definition) is 2. The maximum absolute atomic E-state index is 4.33. The molecule has 1 saturated heterocycles. The minimum Gasteiger partial charge on any atom is -0.240 e. The monoisotopic (exact) mass is 222 g/mol. The molecule has 1 fully saturated rings. The maximum Gasteiger partial charge on any atom is 0.0772 e. The predicted molar refractivity (Wildman–Crippen MR) is 61.0 cm³/mol. The lowest BCUT2D eigenvalue weighted by molar-refractivity contribution is -0.0900. The molecule has 0 radical (unpaired) electrons. The first-order valence-electron chi connectivity index (χ1n) is 4.54. The summed E-state index contributed by atoms with van der Waals surface area (Å²) in [7, 11) is 0. The van der Waals surface area contributed by atoms with Crippen LogP contribution in [0.15, 0.2) is 0 Å². The summed E-state index contributed by atoms with van der Waals surface area (Å²) in [6.07, 6.45) is 0. The molecule has 0 spiro atoms. The van der Waals surface area contributed by atoms with E-state index in [-0.39, 0.29) is 0 Å². The van der Waals surface area contributed by atoms with E-state index in [1.165, 1.54) is 0 Å². The lowest BCUT2D eigenvalue weighted by Gasteiger charge is -2.42. The van der Waals surface area contributed by atoms with Crippen molar-refractivity contribution >= 4 is 25.6 Å². The summed E-state index contributed by atoms with van der Waals surface area (Å²) in [4.78, 5) is 0. The summed E-state index contributed by atoms with van der Waals surface area (Å²) >= 11 is 8.65. The maximum atomic E-state index is 4.33. The number of hydrazine groups is 1. The largest absolute Gasteiger partial charge is 0.240 e. The highest BCUT2D eigenvalue weighted by Gasteiger charge is 2.22. The van der Waals surface area contributed by atoms with E-state index in [1.807, 2.05) is 8.61 Å². The molecule has 0 aromatic heterocycles. The molecule has 0 aromatic rings. The second-order valence-electron chi connectivity index (χ2n) is 3.08. The summed E-state index contributed by atoms with van der Waals surface area (Å²) in [5.41, 5.74) is 0. The smallest absolute Gasteiger partial charge is 0.0772 e. The molecule has 1 rings (SSSR count). The zero-order valence-corrected chi connectivity index (χ0v) is 10.0. The highest BCUT2D eigenvalue weighted by Crippen LogP contribution is 2.12. The number of hydrogen-bond acceptors (Lipinski definition) is 6. The third-order valence-electron chi connectivity index (χ3n) is 2.11. The second kappa shape index (κ2) is 5.43. The molecule has 1 aliphatic rings. The standard InChI is InChI=1S/C7H18N4S2/c1-3-8(4-2)9-5-10(12)7-11(13)6-9/h12-13H,3-7H2,1-2H3. The van der Waals surface area contributed by atoms with Crippen LogP contribution in [-0.4, -0.2) is 51.7 Å². The number of nitrogens with zero attached hydrogens (tertiary/aromatic N) is 4. The highest BCUT2D eigenvalue weighted by atomic mass is 32.1. The molecule has 4 nitrogen and oxygen atoms in total. The van der Waals surface area contributed by atoms with Crippen LogP contribution in [0.1, 0.15) is 13.8 Å². The van der Waals surface area contributed by atoms with Gasteiger partial charge in [-0.2, -0.15) is 0 Å². The quantitative estimate of drug-likeness (QED) is 0.683. The van der Waals surface area contributed by atoms with Crippen molar-refractivity contribution in [3.8, 4) is 0 Å². The van der Waals surface area contributed by atoms with Crippen LogP contribution >= 0.6 is 25.6 Å². The van der Waals surface area contributed by atoms with E-state index in [2.05, 4.69) is 49.5 Å². The normalized spacial score (nSPS) is 22.8. The van der Waals surface area contributed by atoms with Crippen molar-refractivity contribution in [2.45, 2.75) is 13.8 Å². The van der Waals surface area contributed by atoms with E-state index in [0.29, 0.717) is 0 Å². The van der Waals surface area contributed by atoms with Crippen molar-refractivity contribution in [1.29, 1.82) is 0 Å². The molecule has 0 bridgehead atoms. The van der Waals surface area contributed by atoms with Crippen LogP contribution in [0, 0.1) is 0 Å². The van der Waals surface area contributed by atoms with Crippen molar-refractivity contribution in [3.63, 3.8) is 0 Å². The second-order valence-corrected chi connectivity index (χ2v) is 4.21. The van der Waals surface area contributed by atoms with E-state index < -0.39 is 0 Å². The average Bonchev–Trinajstić information content (AvgIpc) is 2.04. The fourth-order valence-corrected chi connectivity index (χ4v) is 2.20. The molecule has 0 aliphatic carbocycles. The Balaban J connectivity index is 2.48. The van der Waals surface area contributed by atoms with Crippen LogP contribution in [0.2, 0.25) is 0 Å². The van der Waals surface area contributed by atoms with Gasteiger partial charge in [-0.05, 0) is 0 Å². The van der Waals surface area contributed by atoms with Crippen molar-refractivity contribution < 1.29 is 0 Å².